The van der Waals surface area contributed by atoms with Crippen LogP contribution in [0.15, 0.2) is 17.8 Å². The summed E-state index contributed by atoms with van der Waals surface area (Å²) in [6.07, 6.45) is 8.17. The first-order valence-electron chi connectivity index (χ1n) is 8.98. The SMILES string of the molecule is CC(C)(F)CN1Cc2c(ccc3c2C(N)CCC3)C=C1C1CC1. The molecule has 1 aromatic carbocycles. The topological polar surface area (TPSA) is 29.3 Å². The number of nitrogens with two attached hydrogens (primary N) is 1. The van der Waals surface area contributed by atoms with Gasteiger partial charge in [0.25, 0.3) is 0 Å². The highest BCUT2D eigenvalue weighted by Gasteiger charge is 2.36. The molecule has 0 radical (unpaired) electrons. The van der Waals surface area contributed by atoms with E-state index >= 15 is 0 Å². The fraction of sp³-hybridized carbons (Fsp3) is 0.600. The third-order valence-electron chi connectivity index (χ3n) is 5.40. The van der Waals surface area contributed by atoms with Crippen LogP contribution in [0.5, 0.6) is 0 Å². The van der Waals surface area contributed by atoms with Crippen LogP contribution in [0.4, 0.5) is 4.39 Å². The Morgan fingerprint density at radius 1 is 1.26 bits per heavy atom. The number of alkyl halides is 1. The lowest BCUT2D eigenvalue weighted by molar-refractivity contribution is 0.139. The molecular weight excluding hydrogens is 287 g/mol. The second kappa shape index (κ2) is 5.34. The van der Waals surface area contributed by atoms with E-state index in [0.717, 1.165) is 19.4 Å². The summed E-state index contributed by atoms with van der Waals surface area (Å²) >= 11 is 0. The highest BCUT2D eigenvalue weighted by molar-refractivity contribution is 5.63. The Kier molecular flexibility index (Phi) is 3.53. The van der Waals surface area contributed by atoms with Crippen LogP contribution >= 0.6 is 0 Å². The number of benzene rings is 1. The highest BCUT2D eigenvalue weighted by atomic mass is 19.1. The molecule has 2 N–H and O–H groups in total. The van der Waals surface area contributed by atoms with Crippen molar-refractivity contribution in [1.82, 2.24) is 4.90 Å². The van der Waals surface area contributed by atoms with E-state index in [1.807, 2.05) is 0 Å². The average Bonchev–Trinajstić information content (AvgIpc) is 3.29. The van der Waals surface area contributed by atoms with Crippen molar-refractivity contribution in [2.45, 2.75) is 64.2 Å². The first kappa shape index (κ1) is 15.2. The first-order valence-corrected chi connectivity index (χ1v) is 8.98. The van der Waals surface area contributed by atoms with Crippen molar-refractivity contribution in [3.8, 4) is 0 Å². The van der Waals surface area contributed by atoms with Crippen molar-refractivity contribution in [2.75, 3.05) is 6.54 Å². The van der Waals surface area contributed by atoms with Crippen molar-refractivity contribution >= 4 is 6.08 Å². The van der Waals surface area contributed by atoms with Gasteiger partial charge in [-0.15, -0.1) is 0 Å². The molecular formula is C20H27FN2. The predicted molar refractivity (Wildman–Crippen MR) is 92.6 cm³/mol. The predicted octanol–water partition coefficient (Wildman–Crippen LogP) is 4.34. The summed E-state index contributed by atoms with van der Waals surface area (Å²) in [6, 6.07) is 4.67. The maximum atomic E-state index is 14.3. The van der Waals surface area contributed by atoms with Crippen LogP contribution in [0.3, 0.4) is 0 Å². The Bertz CT molecular complexity index is 652. The van der Waals surface area contributed by atoms with Crippen molar-refractivity contribution in [2.24, 2.45) is 11.7 Å². The monoisotopic (exact) mass is 314 g/mol. The molecule has 0 aromatic heterocycles. The van der Waals surface area contributed by atoms with E-state index in [2.05, 4.69) is 23.1 Å². The van der Waals surface area contributed by atoms with Gasteiger partial charge in [-0.1, -0.05) is 12.1 Å². The summed E-state index contributed by atoms with van der Waals surface area (Å²) in [5.41, 5.74) is 12.0. The van der Waals surface area contributed by atoms with Crippen molar-refractivity contribution in [1.29, 1.82) is 0 Å². The summed E-state index contributed by atoms with van der Waals surface area (Å²) in [4.78, 5) is 2.28. The number of aryl methyl sites for hydroxylation is 1. The third-order valence-corrected chi connectivity index (χ3v) is 5.40. The number of allylic oxidation sites excluding steroid dienone is 1. The Balaban J connectivity index is 1.77. The van der Waals surface area contributed by atoms with Gasteiger partial charge in [0.05, 0.1) is 6.54 Å². The number of hydrogen-bond acceptors (Lipinski definition) is 2. The Hall–Kier alpha value is -1.35. The molecule has 1 saturated carbocycles. The Morgan fingerprint density at radius 2 is 2.04 bits per heavy atom. The molecule has 1 aromatic rings. The van der Waals surface area contributed by atoms with Crippen LogP contribution in [0.1, 0.15) is 67.8 Å². The molecule has 124 valence electrons. The molecule has 4 rings (SSSR count). The zero-order valence-electron chi connectivity index (χ0n) is 14.2. The molecule has 1 fully saturated rings. The quantitative estimate of drug-likeness (QED) is 0.899. The molecule has 1 aliphatic heterocycles. The van der Waals surface area contributed by atoms with Gasteiger partial charge in [0, 0.05) is 18.3 Å². The fourth-order valence-electron chi connectivity index (χ4n) is 4.27. The van der Waals surface area contributed by atoms with Gasteiger partial charge in [0.2, 0.25) is 0 Å². The summed E-state index contributed by atoms with van der Waals surface area (Å²) in [6.45, 7) is 4.65. The summed E-state index contributed by atoms with van der Waals surface area (Å²) in [5, 5.41) is 0. The van der Waals surface area contributed by atoms with E-state index in [1.165, 1.54) is 47.2 Å². The van der Waals surface area contributed by atoms with Crippen LogP contribution < -0.4 is 5.73 Å². The van der Waals surface area contributed by atoms with E-state index in [-0.39, 0.29) is 6.04 Å². The maximum Gasteiger partial charge on any atom is 0.122 e. The smallest absolute Gasteiger partial charge is 0.122 e. The molecule has 1 atom stereocenters. The van der Waals surface area contributed by atoms with Gasteiger partial charge in [-0.25, -0.2) is 4.39 Å². The summed E-state index contributed by atoms with van der Waals surface area (Å²) in [5.74, 6) is 0.634. The zero-order chi connectivity index (χ0) is 16.2. The van der Waals surface area contributed by atoms with Crippen molar-refractivity contribution < 1.29 is 4.39 Å². The molecule has 1 unspecified atom stereocenters. The molecule has 23 heavy (non-hydrogen) atoms. The number of nitrogens with zero attached hydrogens (tertiary/aromatic N) is 1. The fourth-order valence-corrected chi connectivity index (χ4v) is 4.27. The molecule has 0 bridgehead atoms. The number of halogens is 1. The third kappa shape index (κ3) is 2.91. The van der Waals surface area contributed by atoms with Crippen LogP contribution in [-0.2, 0) is 13.0 Å². The number of rotatable bonds is 3. The molecule has 2 aliphatic carbocycles. The minimum absolute atomic E-state index is 0.143. The lowest BCUT2D eigenvalue weighted by atomic mass is 9.81. The van der Waals surface area contributed by atoms with Crippen LogP contribution in [-0.4, -0.2) is 17.1 Å². The van der Waals surface area contributed by atoms with Gasteiger partial charge >= 0.3 is 0 Å². The summed E-state index contributed by atoms with van der Waals surface area (Å²) < 4.78 is 14.3. The van der Waals surface area contributed by atoms with E-state index in [4.69, 9.17) is 5.73 Å². The average molecular weight is 314 g/mol. The highest BCUT2D eigenvalue weighted by Crippen LogP contribution is 2.44. The lowest BCUT2D eigenvalue weighted by Crippen LogP contribution is -2.38. The van der Waals surface area contributed by atoms with Crippen LogP contribution in [0.2, 0.25) is 0 Å². The van der Waals surface area contributed by atoms with E-state index in [9.17, 15) is 4.39 Å². The van der Waals surface area contributed by atoms with Crippen LogP contribution in [0.25, 0.3) is 6.08 Å². The van der Waals surface area contributed by atoms with Crippen LogP contribution in [0, 0.1) is 5.92 Å². The molecule has 3 aliphatic rings. The maximum absolute atomic E-state index is 14.3. The Labute approximate surface area is 138 Å². The zero-order valence-corrected chi connectivity index (χ0v) is 14.2. The molecule has 0 spiro atoms. The second-order valence-corrected chi connectivity index (χ2v) is 8.12. The van der Waals surface area contributed by atoms with Crippen molar-refractivity contribution in [3.05, 3.63) is 40.1 Å². The summed E-state index contributed by atoms with van der Waals surface area (Å²) in [7, 11) is 0. The molecule has 0 amide bonds. The standard InChI is InChI=1S/C20H27FN2/c1-20(2,21)12-23-11-16-15(10-18(23)13-6-7-13)9-8-14-4-3-5-17(22)19(14)16/h8-10,13,17H,3-7,11-12,22H2,1-2H3. The number of fused-ring (bicyclic) bond motifs is 3. The minimum Gasteiger partial charge on any atom is -0.367 e. The van der Waals surface area contributed by atoms with Gasteiger partial charge in [-0.2, -0.15) is 0 Å². The van der Waals surface area contributed by atoms with Crippen molar-refractivity contribution in [3.63, 3.8) is 0 Å². The molecule has 1 heterocycles. The Morgan fingerprint density at radius 3 is 2.74 bits per heavy atom. The molecule has 2 nitrogen and oxygen atoms in total. The minimum atomic E-state index is -1.18. The van der Waals surface area contributed by atoms with E-state index in [1.54, 1.807) is 13.8 Å². The van der Waals surface area contributed by atoms with Gasteiger partial charge in [0.15, 0.2) is 0 Å². The van der Waals surface area contributed by atoms with Gasteiger partial charge in [0.1, 0.15) is 5.67 Å². The lowest BCUT2D eigenvalue weighted by Gasteiger charge is -2.38. The first-order chi connectivity index (χ1) is 10.9. The van der Waals surface area contributed by atoms with Gasteiger partial charge in [-0.3, -0.25) is 0 Å². The van der Waals surface area contributed by atoms with E-state index < -0.39 is 5.67 Å². The largest absolute Gasteiger partial charge is 0.367 e. The normalized spacial score (nSPS) is 24.1. The van der Waals surface area contributed by atoms with Gasteiger partial charge < -0.3 is 10.6 Å². The molecule has 0 saturated heterocycles. The number of hydrogen-bond donors (Lipinski definition) is 1. The van der Waals surface area contributed by atoms with E-state index in [0.29, 0.717) is 12.5 Å². The van der Waals surface area contributed by atoms with Gasteiger partial charge in [-0.05, 0) is 80.2 Å². The molecule has 3 heteroatoms. The second-order valence-electron chi connectivity index (χ2n) is 8.12.